The van der Waals surface area contributed by atoms with Crippen LogP contribution < -0.4 is 5.32 Å². The maximum atomic E-state index is 13.5. The first-order valence-electron chi connectivity index (χ1n) is 6.30. The van der Waals surface area contributed by atoms with E-state index in [0.29, 0.717) is 11.6 Å². The lowest BCUT2D eigenvalue weighted by molar-refractivity contribution is -0.115. The van der Waals surface area contributed by atoms with Crippen LogP contribution in [0, 0.1) is 11.6 Å². The number of benzene rings is 2. The van der Waals surface area contributed by atoms with E-state index in [9.17, 15) is 22.0 Å². The van der Waals surface area contributed by atoms with E-state index in [4.69, 9.17) is 0 Å². The monoisotopic (exact) mass is 325 g/mol. The molecule has 0 saturated carbocycles. The van der Waals surface area contributed by atoms with Gasteiger partial charge >= 0.3 is 0 Å². The van der Waals surface area contributed by atoms with Gasteiger partial charge in [0.05, 0.1) is 17.0 Å². The van der Waals surface area contributed by atoms with Gasteiger partial charge in [-0.25, -0.2) is 17.2 Å². The number of hydrogen-bond acceptors (Lipinski definition) is 3. The van der Waals surface area contributed by atoms with Crippen LogP contribution >= 0.6 is 0 Å². The number of sulfone groups is 1. The van der Waals surface area contributed by atoms with Gasteiger partial charge in [-0.3, -0.25) is 4.79 Å². The number of halogens is 2. The number of carbonyl (C=O) groups excluding carboxylic acids is 1. The fraction of sp³-hybridized carbons (Fsp3) is 0.133. The molecule has 0 atom stereocenters. The quantitative estimate of drug-likeness (QED) is 0.939. The summed E-state index contributed by atoms with van der Waals surface area (Å²) in [6.07, 6.45) is 0.809. The summed E-state index contributed by atoms with van der Waals surface area (Å²) in [5, 5.41) is 2.29. The van der Waals surface area contributed by atoms with Gasteiger partial charge in [-0.2, -0.15) is 0 Å². The van der Waals surface area contributed by atoms with E-state index in [-0.39, 0.29) is 17.0 Å². The second-order valence-electron chi connectivity index (χ2n) is 4.73. The topological polar surface area (TPSA) is 63.2 Å². The molecule has 0 aliphatic rings. The largest absolute Gasteiger partial charge is 0.323 e. The summed E-state index contributed by atoms with van der Waals surface area (Å²) >= 11 is 0. The second-order valence-corrected chi connectivity index (χ2v) is 6.71. The Hall–Kier alpha value is -2.28. The van der Waals surface area contributed by atoms with Crippen molar-refractivity contribution >= 4 is 21.4 Å². The summed E-state index contributed by atoms with van der Waals surface area (Å²) in [6.45, 7) is 0. The van der Waals surface area contributed by atoms with Gasteiger partial charge in [0.2, 0.25) is 5.91 Å². The smallest absolute Gasteiger partial charge is 0.228 e. The molecule has 0 fully saturated rings. The van der Waals surface area contributed by atoms with Crippen LogP contribution in [0.4, 0.5) is 14.5 Å². The second kappa shape index (κ2) is 6.23. The van der Waals surface area contributed by atoms with Crippen LogP contribution in [0.15, 0.2) is 47.4 Å². The molecule has 0 bridgehead atoms. The molecule has 1 amide bonds. The van der Waals surface area contributed by atoms with Gasteiger partial charge < -0.3 is 5.32 Å². The van der Waals surface area contributed by atoms with Crippen molar-refractivity contribution in [3.8, 4) is 0 Å². The van der Waals surface area contributed by atoms with E-state index in [0.717, 1.165) is 18.4 Å². The summed E-state index contributed by atoms with van der Waals surface area (Å²) in [4.78, 5) is 12.0. The molecule has 2 aromatic carbocycles. The van der Waals surface area contributed by atoms with Crippen molar-refractivity contribution < 1.29 is 22.0 Å². The van der Waals surface area contributed by atoms with Crippen LogP contribution in [0.5, 0.6) is 0 Å². The lowest BCUT2D eigenvalue weighted by atomic mass is 10.1. The summed E-state index contributed by atoms with van der Waals surface area (Å²) in [5.74, 6) is -2.25. The zero-order valence-corrected chi connectivity index (χ0v) is 12.5. The Morgan fingerprint density at radius 2 is 1.82 bits per heavy atom. The van der Waals surface area contributed by atoms with E-state index < -0.39 is 27.4 Å². The number of nitrogens with one attached hydrogen (secondary N) is 1. The van der Waals surface area contributed by atoms with Crippen LogP contribution in [-0.2, 0) is 21.1 Å². The Labute approximate surface area is 126 Å². The molecule has 7 heteroatoms. The van der Waals surface area contributed by atoms with E-state index in [2.05, 4.69) is 5.32 Å². The average Bonchev–Trinajstić information content (AvgIpc) is 2.41. The van der Waals surface area contributed by atoms with E-state index in [1.54, 1.807) is 12.1 Å². The molecule has 0 aliphatic carbocycles. The van der Waals surface area contributed by atoms with Crippen molar-refractivity contribution in [1.82, 2.24) is 0 Å². The highest BCUT2D eigenvalue weighted by molar-refractivity contribution is 7.90. The molecule has 22 heavy (non-hydrogen) atoms. The van der Waals surface area contributed by atoms with E-state index >= 15 is 0 Å². The van der Waals surface area contributed by atoms with Crippen LogP contribution in [0.25, 0.3) is 0 Å². The van der Waals surface area contributed by atoms with Gasteiger partial charge in [-0.15, -0.1) is 0 Å². The molecule has 0 saturated heterocycles. The summed E-state index contributed by atoms with van der Waals surface area (Å²) in [6, 6.07) is 8.84. The fourth-order valence-corrected chi connectivity index (χ4v) is 2.91. The highest BCUT2D eigenvalue weighted by atomic mass is 32.2. The van der Waals surface area contributed by atoms with Crippen LogP contribution in [0.1, 0.15) is 5.56 Å². The van der Waals surface area contributed by atoms with Crippen LogP contribution in [-0.4, -0.2) is 20.6 Å². The highest BCUT2D eigenvalue weighted by Crippen LogP contribution is 2.18. The number of rotatable bonds is 4. The van der Waals surface area contributed by atoms with Crippen molar-refractivity contribution in [2.24, 2.45) is 0 Å². The Kier molecular flexibility index (Phi) is 4.56. The third kappa shape index (κ3) is 3.88. The first kappa shape index (κ1) is 16.1. The zero-order chi connectivity index (χ0) is 16.3. The molecule has 0 unspecified atom stereocenters. The number of amides is 1. The standard InChI is InChI=1S/C15H13F2NO3S/c1-22(20,21)14-5-3-2-4-10(14)8-15(19)18-13-7-6-11(16)9-12(13)17/h2-7,9H,8H2,1H3,(H,18,19). The maximum absolute atomic E-state index is 13.5. The van der Waals surface area contributed by atoms with Gasteiger partial charge in [0.1, 0.15) is 11.6 Å². The van der Waals surface area contributed by atoms with Crippen molar-refractivity contribution in [2.75, 3.05) is 11.6 Å². The summed E-state index contributed by atoms with van der Waals surface area (Å²) in [5.41, 5.74) is 0.147. The zero-order valence-electron chi connectivity index (χ0n) is 11.6. The van der Waals surface area contributed by atoms with Gasteiger partial charge in [0.25, 0.3) is 0 Å². The van der Waals surface area contributed by atoms with E-state index in [1.807, 2.05) is 0 Å². The van der Waals surface area contributed by atoms with Crippen LogP contribution in [0.3, 0.4) is 0 Å². The van der Waals surface area contributed by atoms with Gasteiger partial charge in [-0.05, 0) is 23.8 Å². The third-order valence-electron chi connectivity index (χ3n) is 2.93. The van der Waals surface area contributed by atoms with Crippen molar-refractivity contribution in [1.29, 1.82) is 0 Å². The molecule has 116 valence electrons. The number of carbonyl (C=O) groups is 1. The lowest BCUT2D eigenvalue weighted by Crippen LogP contribution is -2.17. The molecular weight excluding hydrogens is 312 g/mol. The Balaban J connectivity index is 2.20. The van der Waals surface area contributed by atoms with Crippen molar-refractivity contribution in [3.05, 3.63) is 59.7 Å². The van der Waals surface area contributed by atoms with Gasteiger partial charge in [-0.1, -0.05) is 18.2 Å². The maximum Gasteiger partial charge on any atom is 0.228 e. The molecule has 0 heterocycles. The Bertz CT molecular complexity index is 819. The first-order chi connectivity index (χ1) is 10.3. The summed E-state index contributed by atoms with van der Waals surface area (Å²) < 4.78 is 49.6. The Morgan fingerprint density at radius 1 is 1.14 bits per heavy atom. The van der Waals surface area contributed by atoms with Gasteiger partial charge in [0.15, 0.2) is 9.84 Å². The molecule has 1 N–H and O–H groups in total. The Morgan fingerprint density at radius 3 is 2.45 bits per heavy atom. The number of hydrogen-bond donors (Lipinski definition) is 1. The highest BCUT2D eigenvalue weighted by Gasteiger charge is 2.16. The lowest BCUT2D eigenvalue weighted by Gasteiger charge is -2.09. The SMILES string of the molecule is CS(=O)(=O)c1ccccc1CC(=O)Nc1ccc(F)cc1F. The molecule has 0 radical (unpaired) electrons. The molecule has 0 spiro atoms. The molecule has 4 nitrogen and oxygen atoms in total. The van der Waals surface area contributed by atoms with Gasteiger partial charge in [0, 0.05) is 12.3 Å². The predicted molar refractivity (Wildman–Crippen MR) is 78.2 cm³/mol. The van der Waals surface area contributed by atoms with Crippen molar-refractivity contribution in [2.45, 2.75) is 11.3 Å². The minimum atomic E-state index is -3.47. The van der Waals surface area contributed by atoms with E-state index in [1.165, 1.54) is 12.1 Å². The normalized spacial score (nSPS) is 11.2. The minimum absolute atomic E-state index is 0.0460. The molecule has 2 aromatic rings. The first-order valence-corrected chi connectivity index (χ1v) is 8.19. The average molecular weight is 325 g/mol. The molecule has 2 rings (SSSR count). The third-order valence-corrected chi connectivity index (χ3v) is 4.13. The fourth-order valence-electron chi connectivity index (χ4n) is 1.97. The summed E-state index contributed by atoms with van der Waals surface area (Å²) in [7, 11) is -3.47. The molecule has 0 aromatic heterocycles. The number of anilines is 1. The van der Waals surface area contributed by atoms with Crippen LogP contribution in [0.2, 0.25) is 0 Å². The van der Waals surface area contributed by atoms with Crippen molar-refractivity contribution in [3.63, 3.8) is 0 Å². The minimum Gasteiger partial charge on any atom is -0.323 e. The molecule has 0 aliphatic heterocycles. The molecular formula is C15H13F2NO3S. The predicted octanol–water partition coefficient (Wildman–Crippen LogP) is 2.55.